The highest BCUT2D eigenvalue weighted by Crippen LogP contribution is 2.15. The van der Waals surface area contributed by atoms with Gasteiger partial charge in [-0.3, -0.25) is 4.79 Å². The van der Waals surface area contributed by atoms with E-state index in [1.165, 1.54) is 128 Å². The van der Waals surface area contributed by atoms with Gasteiger partial charge in [0.25, 0.3) is 0 Å². The van der Waals surface area contributed by atoms with E-state index in [0.717, 1.165) is 70.6 Å². The number of carbonyl (C=O) groups is 1. The Bertz CT molecular complexity index is 873. The number of carbonyl (C=O) groups excluding carboxylic acids is 1. The second-order valence-electron chi connectivity index (χ2n) is 15.1. The molecule has 0 aromatic heterocycles. The van der Waals surface area contributed by atoms with Crippen LogP contribution in [0.4, 0.5) is 0 Å². The summed E-state index contributed by atoms with van der Waals surface area (Å²) in [4.78, 5) is 12.4. The summed E-state index contributed by atoms with van der Waals surface area (Å²) in [5.41, 5.74) is 0. The number of hydrogen-bond acceptors (Lipinski definition) is 3. The summed E-state index contributed by atoms with van der Waals surface area (Å²) in [5.74, 6) is -0.0882. The van der Waals surface area contributed by atoms with E-state index in [4.69, 9.17) is 0 Å². The van der Waals surface area contributed by atoms with Crippen molar-refractivity contribution < 1.29 is 15.0 Å². The van der Waals surface area contributed by atoms with Crippen LogP contribution in [-0.2, 0) is 4.79 Å². The zero-order valence-electron chi connectivity index (χ0n) is 34.6. The molecule has 0 aromatic carbocycles. The highest BCUT2D eigenvalue weighted by atomic mass is 16.3. The van der Waals surface area contributed by atoms with E-state index >= 15 is 0 Å². The molecule has 0 saturated heterocycles. The Morgan fingerprint density at radius 3 is 1.27 bits per heavy atom. The standard InChI is InChI=1S/C48H87NO3/c1-3-5-7-9-11-13-15-17-19-21-22-23-24-25-26-28-29-31-33-35-37-39-41-43-47(51)46(45-50)49-48(52)44-42-40-38-36-34-32-30-27-20-18-16-14-12-10-8-6-4-2/h6,8,12,14,18,20,30,32,41,43,46-47,50-51H,3-5,7,9-11,13,15-17,19,21-29,31,33-40,42,44-45H2,1-2H3,(H,49,52)/b8-6-,14-12-,20-18-,32-30-,43-41+. The third-order valence-corrected chi connectivity index (χ3v) is 10.0. The summed E-state index contributed by atoms with van der Waals surface area (Å²) in [6.45, 7) is 4.19. The van der Waals surface area contributed by atoms with Gasteiger partial charge in [-0.1, -0.05) is 216 Å². The van der Waals surface area contributed by atoms with Crippen LogP contribution in [0.3, 0.4) is 0 Å². The van der Waals surface area contributed by atoms with Gasteiger partial charge in [0.1, 0.15) is 0 Å². The summed E-state index contributed by atoms with van der Waals surface area (Å²) in [5, 5.41) is 23.0. The maximum absolute atomic E-state index is 12.4. The van der Waals surface area contributed by atoms with E-state index in [1.807, 2.05) is 6.08 Å². The molecule has 0 bridgehead atoms. The minimum Gasteiger partial charge on any atom is -0.394 e. The molecule has 0 radical (unpaired) electrons. The van der Waals surface area contributed by atoms with Crippen molar-refractivity contribution in [3.63, 3.8) is 0 Å². The molecular weight excluding hydrogens is 639 g/mol. The second kappa shape index (κ2) is 43.5. The lowest BCUT2D eigenvalue weighted by Crippen LogP contribution is -2.45. The predicted molar refractivity (Wildman–Crippen MR) is 230 cm³/mol. The van der Waals surface area contributed by atoms with Crippen LogP contribution < -0.4 is 5.32 Å². The van der Waals surface area contributed by atoms with Gasteiger partial charge in [-0.05, 0) is 57.8 Å². The lowest BCUT2D eigenvalue weighted by atomic mass is 10.0. The molecule has 3 N–H and O–H groups in total. The molecule has 2 unspecified atom stereocenters. The molecule has 4 heteroatoms. The molecular formula is C48H87NO3. The SMILES string of the molecule is CC/C=C\C/C=C\C/C=C\C/C=C\CCCCCCC(=O)NC(CO)C(O)/C=C/CCCCCCCCCCCCCCCCCCCCCCC. The van der Waals surface area contributed by atoms with E-state index in [1.54, 1.807) is 6.08 Å². The van der Waals surface area contributed by atoms with Gasteiger partial charge in [-0.2, -0.15) is 0 Å². The Balaban J connectivity index is 3.60. The molecule has 0 aromatic rings. The second-order valence-corrected chi connectivity index (χ2v) is 15.1. The van der Waals surface area contributed by atoms with Crippen molar-refractivity contribution in [1.82, 2.24) is 5.32 Å². The minimum absolute atomic E-state index is 0.0882. The van der Waals surface area contributed by atoms with Gasteiger partial charge >= 0.3 is 0 Å². The zero-order chi connectivity index (χ0) is 37.8. The lowest BCUT2D eigenvalue weighted by molar-refractivity contribution is -0.123. The molecule has 52 heavy (non-hydrogen) atoms. The number of amides is 1. The van der Waals surface area contributed by atoms with E-state index in [0.29, 0.717) is 6.42 Å². The molecule has 0 aliphatic heterocycles. The zero-order valence-corrected chi connectivity index (χ0v) is 34.6. The van der Waals surface area contributed by atoms with Crippen molar-refractivity contribution in [1.29, 1.82) is 0 Å². The molecule has 0 rings (SSSR count). The van der Waals surface area contributed by atoms with E-state index < -0.39 is 12.1 Å². The highest BCUT2D eigenvalue weighted by Gasteiger charge is 2.17. The fraction of sp³-hybridized carbons (Fsp3) is 0.771. The van der Waals surface area contributed by atoms with Gasteiger partial charge < -0.3 is 15.5 Å². The smallest absolute Gasteiger partial charge is 0.220 e. The molecule has 0 aliphatic carbocycles. The number of nitrogens with one attached hydrogen (secondary N) is 1. The van der Waals surface area contributed by atoms with E-state index in [9.17, 15) is 15.0 Å². The molecule has 4 nitrogen and oxygen atoms in total. The van der Waals surface area contributed by atoms with Crippen molar-refractivity contribution in [2.75, 3.05) is 6.61 Å². The number of rotatable bonds is 40. The molecule has 0 spiro atoms. The summed E-state index contributed by atoms with van der Waals surface area (Å²) in [6, 6.07) is -0.637. The summed E-state index contributed by atoms with van der Waals surface area (Å²) >= 11 is 0. The third-order valence-electron chi connectivity index (χ3n) is 10.0. The Morgan fingerprint density at radius 2 is 0.846 bits per heavy atom. The average Bonchev–Trinajstić information content (AvgIpc) is 3.15. The number of hydrogen-bond donors (Lipinski definition) is 3. The molecule has 0 heterocycles. The number of allylic oxidation sites excluding steroid dienone is 9. The van der Waals surface area contributed by atoms with Crippen molar-refractivity contribution in [3.05, 3.63) is 60.8 Å². The van der Waals surface area contributed by atoms with Crippen molar-refractivity contribution >= 4 is 5.91 Å². The quantitative estimate of drug-likeness (QED) is 0.0435. The Hall–Kier alpha value is -1.91. The Labute approximate surface area is 324 Å². The fourth-order valence-corrected chi connectivity index (χ4v) is 6.58. The van der Waals surface area contributed by atoms with Crippen LogP contribution in [0, 0.1) is 0 Å². The normalized spacial score (nSPS) is 13.5. The molecule has 0 fully saturated rings. The summed E-state index contributed by atoms with van der Waals surface area (Å²) in [7, 11) is 0. The van der Waals surface area contributed by atoms with Gasteiger partial charge in [0.05, 0.1) is 18.8 Å². The lowest BCUT2D eigenvalue weighted by Gasteiger charge is -2.20. The van der Waals surface area contributed by atoms with Crippen LogP contribution in [-0.4, -0.2) is 34.9 Å². The van der Waals surface area contributed by atoms with Crippen LogP contribution in [0.2, 0.25) is 0 Å². The maximum Gasteiger partial charge on any atom is 0.220 e. The summed E-state index contributed by atoms with van der Waals surface area (Å²) < 4.78 is 0. The van der Waals surface area contributed by atoms with Gasteiger partial charge in [0, 0.05) is 6.42 Å². The summed E-state index contributed by atoms with van der Waals surface area (Å²) in [6.07, 6.45) is 60.5. The van der Waals surface area contributed by atoms with E-state index in [-0.39, 0.29) is 12.5 Å². The van der Waals surface area contributed by atoms with Crippen LogP contribution in [0.5, 0.6) is 0 Å². The number of unbranched alkanes of at least 4 members (excludes halogenated alkanes) is 25. The highest BCUT2D eigenvalue weighted by molar-refractivity contribution is 5.76. The molecule has 2 atom stereocenters. The Morgan fingerprint density at radius 1 is 0.481 bits per heavy atom. The average molecular weight is 726 g/mol. The van der Waals surface area contributed by atoms with Gasteiger partial charge in [0.15, 0.2) is 0 Å². The number of aliphatic hydroxyl groups excluding tert-OH is 2. The molecule has 0 aliphatic rings. The van der Waals surface area contributed by atoms with Gasteiger partial charge in [-0.15, -0.1) is 0 Å². The minimum atomic E-state index is -0.852. The van der Waals surface area contributed by atoms with Crippen LogP contribution in [0.25, 0.3) is 0 Å². The van der Waals surface area contributed by atoms with Crippen LogP contribution in [0.1, 0.15) is 219 Å². The van der Waals surface area contributed by atoms with Crippen molar-refractivity contribution in [2.24, 2.45) is 0 Å². The first kappa shape index (κ1) is 50.1. The van der Waals surface area contributed by atoms with Crippen LogP contribution >= 0.6 is 0 Å². The number of aliphatic hydroxyl groups is 2. The van der Waals surface area contributed by atoms with Crippen LogP contribution in [0.15, 0.2) is 60.8 Å². The fourth-order valence-electron chi connectivity index (χ4n) is 6.58. The molecule has 302 valence electrons. The molecule has 1 amide bonds. The topological polar surface area (TPSA) is 69.6 Å². The monoisotopic (exact) mass is 726 g/mol. The maximum atomic E-state index is 12.4. The van der Waals surface area contributed by atoms with Crippen molar-refractivity contribution in [2.45, 2.75) is 231 Å². The predicted octanol–water partition coefficient (Wildman–Crippen LogP) is 14.1. The Kier molecular flexibility index (Phi) is 41.9. The van der Waals surface area contributed by atoms with E-state index in [2.05, 4.69) is 67.8 Å². The first-order chi connectivity index (χ1) is 25.7. The van der Waals surface area contributed by atoms with Gasteiger partial charge in [-0.25, -0.2) is 0 Å². The third kappa shape index (κ3) is 39.3. The van der Waals surface area contributed by atoms with Crippen molar-refractivity contribution in [3.8, 4) is 0 Å². The largest absolute Gasteiger partial charge is 0.394 e. The first-order valence-electron chi connectivity index (χ1n) is 22.5. The molecule has 0 saturated carbocycles. The van der Waals surface area contributed by atoms with Gasteiger partial charge in [0.2, 0.25) is 5.91 Å². The first-order valence-corrected chi connectivity index (χ1v) is 22.5.